The summed E-state index contributed by atoms with van der Waals surface area (Å²) in [6, 6.07) is 0. The molecule has 2 aliphatic rings. The second-order valence-electron chi connectivity index (χ2n) is 3.54. The Hall–Kier alpha value is -1.32. The lowest BCUT2D eigenvalue weighted by Gasteiger charge is -2.03. The highest BCUT2D eigenvalue weighted by Crippen LogP contribution is 2.04. The van der Waals surface area contributed by atoms with E-state index in [1.54, 1.807) is 22.9 Å². The van der Waals surface area contributed by atoms with E-state index in [9.17, 15) is 9.59 Å². The normalized spacial score (nSPS) is 20.1. The van der Waals surface area contributed by atoms with Gasteiger partial charge in [0.05, 0.1) is 0 Å². The van der Waals surface area contributed by atoms with Crippen LogP contribution < -0.4 is 0 Å². The van der Waals surface area contributed by atoms with Crippen LogP contribution in [0.15, 0.2) is 12.2 Å². The highest BCUT2D eigenvalue weighted by atomic mass is 16.2. The van der Waals surface area contributed by atoms with Crippen LogP contribution in [0.2, 0.25) is 0 Å². The molecule has 0 atom stereocenters. The van der Waals surface area contributed by atoms with Crippen LogP contribution in [-0.4, -0.2) is 48.8 Å². The zero-order valence-corrected chi connectivity index (χ0v) is 8.69. The van der Waals surface area contributed by atoms with Crippen molar-refractivity contribution in [3.8, 4) is 0 Å². The van der Waals surface area contributed by atoms with Gasteiger partial charge in [0, 0.05) is 39.7 Å². The monoisotopic (exact) mass is 196 g/mol. The van der Waals surface area contributed by atoms with Gasteiger partial charge in [-0.2, -0.15) is 0 Å². The van der Waals surface area contributed by atoms with Gasteiger partial charge in [0.25, 0.3) is 0 Å². The van der Waals surface area contributed by atoms with Crippen molar-refractivity contribution < 1.29 is 9.59 Å². The molecular formula is C10H16N2O2. The third-order valence-corrected chi connectivity index (χ3v) is 2.33. The molecule has 0 unspecified atom stereocenters. The van der Waals surface area contributed by atoms with Crippen LogP contribution in [0.4, 0.5) is 0 Å². The van der Waals surface area contributed by atoms with Gasteiger partial charge in [-0.15, -0.1) is 0 Å². The van der Waals surface area contributed by atoms with Crippen LogP contribution in [0.5, 0.6) is 0 Å². The molecular weight excluding hydrogens is 180 g/mol. The van der Waals surface area contributed by atoms with Gasteiger partial charge in [-0.25, -0.2) is 0 Å². The first-order valence-electron chi connectivity index (χ1n) is 4.77. The van der Waals surface area contributed by atoms with Gasteiger partial charge in [-0.05, 0) is 6.42 Å². The predicted molar refractivity (Wildman–Crippen MR) is 53.6 cm³/mol. The molecule has 0 aromatic carbocycles. The number of carbonyl (C=O) groups is 2. The van der Waals surface area contributed by atoms with Crippen molar-refractivity contribution in [2.75, 3.05) is 27.2 Å². The lowest BCUT2D eigenvalue weighted by Crippen LogP contribution is -2.18. The second-order valence-corrected chi connectivity index (χ2v) is 3.54. The summed E-state index contributed by atoms with van der Waals surface area (Å²) in [5, 5.41) is 0. The Labute approximate surface area is 84.2 Å². The van der Waals surface area contributed by atoms with Crippen LogP contribution >= 0.6 is 0 Å². The molecule has 0 aliphatic carbocycles. The van der Waals surface area contributed by atoms with E-state index in [0.717, 1.165) is 25.9 Å². The summed E-state index contributed by atoms with van der Waals surface area (Å²) >= 11 is 0. The maximum Gasteiger partial charge on any atom is 0.246 e. The third kappa shape index (κ3) is 2.87. The fourth-order valence-electron chi connectivity index (χ4n) is 1.31. The van der Waals surface area contributed by atoms with Gasteiger partial charge < -0.3 is 9.80 Å². The van der Waals surface area contributed by atoms with E-state index in [2.05, 4.69) is 0 Å². The Morgan fingerprint density at radius 3 is 2.07 bits per heavy atom. The summed E-state index contributed by atoms with van der Waals surface area (Å²) in [6.45, 7) is 1.73. The number of carbonyl (C=O) groups excluding carboxylic acids is 2. The molecule has 78 valence electrons. The quantitative estimate of drug-likeness (QED) is 0.557. The largest absolute Gasteiger partial charge is 0.346 e. The number of likely N-dealkylation sites (tertiary alicyclic amines) is 1. The number of likely N-dealkylation sites (N-methyl/N-ethyl adjacent to an activating group) is 1. The fourth-order valence-corrected chi connectivity index (χ4v) is 1.31. The molecule has 0 saturated carbocycles. The summed E-state index contributed by atoms with van der Waals surface area (Å²) in [5.74, 6) is 0.403. The lowest BCUT2D eigenvalue weighted by atomic mass is 10.4. The molecule has 2 heterocycles. The smallest absolute Gasteiger partial charge is 0.246 e. The zero-order valence-electron chi connectivity index (χ0n) is 8.69. The molecule has 0 spiro atoms. The molecule has 4 nitrogen and oxygen atoms in total. The molecule has 2 aliphatic heterocycles. The highest BCUT2D eigenvalue weighted by Gasteiger charge is 2.14. The van der Waals surface area contributed by atoms with Crippen molar-refractivity contribution in [3.63, 3.8) is 0 Å². The molecule has 2 amide bonds. The Kier molecular flexibility index (Phi) is 3.68. The molecule has 4 heteroatoms. The first-order valence-corrected chi connectivity index (χ1v) is 4.77. The van der Waals surface area contributed by atoms with Crippen molar-refractivity contribution >= 4 is 11.8 Å². The fraction of sp³-hybridized carbons (Fsp3) is 0.600. The van der Waals surface area contributed by atoms with Crippen LogP contribution in [0.3, 0.4) is 0 Å². The number of hydrogen-bond acceptors (Lipinski definition) is 2. The SMILES string of the molecule is CN1CC=CC1=O.CN1CCCC1=O. The van der Waals surface area contributed by atoms with E-state index in [4.69, 9.17) is 0 Å². The van der Waals surface area contributed by atoms with E-state index in [-0.39, 0.29) is 5.91 Å². The Bertz CT molecular complexity index is 261. The Balaban J connectivity index is 0.000000140. The van der Waals surface area contributed by atoms with Gasteiger partial charge in [0.2, 0.25) is 11.8 Å². The maximum atomic E-state index is 10.5. The van der Waals surface area contributed by atoms with E-state index in [0.29, 0.717) is 5.91 Å². The van der Waals surface area contributed by atoms with Crippen molar-refractivity contribution in [2.24, 2.45) is 0 Å². The zero-order chi connectivity index (χ0) is 10.6. The van der Waals surface area contributed by atoms with Crippen LogP contribution in [0.1, 0.15) is 12.8 Å². The molecule has 0 aromatic rings. The first kappa shape index (κ1) is 10.8. The van der Waals surface area contributed by atoms with Gasteiger partial charge in [-0.1, -0.05) is 6.08 Å². The molecule has 0 N–H and O–H groups in total. The standard InChI is InChI=1S/C5H9NO.C5H7NO/c2*1-6-4-2-3-5(6)7/h2-4H2,1H3;2-3H,4H2,1H3. The molecule has 2 rings (SSSR count). The highest BCUT2D eigenvalue weighted by molar-refractivity contribution is 5.89. The van der Waals surface area contributed by atoms with Gasteiger partial charge in [-0.3, -0.25) is 9.59 Å². The summed E-state index contributed by atoms with van der Waals surface area (Å²) < 4.78 is 0. The molecule has 0 aromatic heterocycles. The van der Waals surface area contributed by atoms with Gasteiger partial charge in [0.15, 0.2) is 0 Å². The van der Waals surface area contributed by atoms with Crippen molar-refractivity contribution in [1.29, 1.82) is 0 Å². The Morgan fingerprint density at radius 2 is 1.93 bits per heavy atom. The minimum atomic E-state index is 0.111. The van der Waals surface area contributed by atoms with Crippen LogP contribution in [-0.2, 0) is 9.59 Å². The van der Waals surface area contributed by atoms with Crippen molar-refractivity contribution in [2.45, 2.75) is 12.8 Å². The number of rotatable bonds is 0. The van der Waals surface area contributed by atoms with E-state index < -0.39 is 0 Å². The summed E-state index contributed by atoms with van der Waals surface area (Å²) in [5.41, 5.74) is 0. The van der Waals surface area contributed by atoms with Crippen molar-refractivity contribution in [3.05, 3.63) is 12.2 Å². The topological polar surface area (TPSA) is 40.6 Å². The third-order valence-electron chi connectivity index (χ3n) is 2.33. The average Bonchev–Trinajstić information content (AvgIpc) is 2.67. The van der Waals surface area contributed by atoms with Crippen LogP contribution in [0.25, 0.3) is 0 Å². The van der Waals surface area contributed by atoms with E-state index in [1.807, 2.05) is 13.1 Å². The number of hydrogen-bond donors (Lipinski definition) is 0. The summed E-state index contributed by atoms with van der Waals surface area (Å²) in [7, 11) is 3.62. The lowest BCUT2D eigenvalue weighted by molar-refractivity contribution is -0.126. The van der Waals surface area contributed by atoms with Crippen molar-refractivity contribution in [1.82, 2.24) is 9.80 Å². The molecule has 1 fully saturated rings. The van der Waals surface area contributed by atoms with Gasteiger partial charge in [0.1, 0.15) is 0 Å². The average molecular weight is 196 g/mol. The molecule has 14 heavy (non-hydrogen) atoms. The molecule has 0 radical (unpaired) electrons. The van der Waals surface area contributed by atoms with Crippen LogP contribution in [0, 0.1) is 0 Å². The van der Waals surface area contributed by atoms with E-state index in [1.165, 1.54) is 0 Å². The minimum absolute atomic E-state index is 0.111. The predicted octanol–water partition coefficient (Wildman–Crippen LogP) is 0.253. The van der Waals surface area contributed by atoms with Gasteiger partial charge >= 0.3 is 0 Å². The first-order chi connectivity index (χ1) is 6.61. The summed E-state index contributed by atoms with van der Waals surface area (Å²) in [4.78, 5) is 24.3. The molecule has 1 saturated heterocycles. The number of nitrogens with zero attached hydrogens (tertiary/aromatic N) is 2. The molecule has 0 bridgehead atoms. The Morgan fingerprint density at radius 1 is 1.21 bits per heavy atom. The number of amides is 2. The summed E-state index contributed by atoms with van der Waals surface area (Å²) in [6.07, 6.45) is 5.24. The van der Waals surface area contributed by atoms with E-state index >= 15 is 0 Å². The minimum Gasteiger partial charge on any atom is -0.346 e. The second kappa shape index (κ2) is 4.79. The maximum absolute atomic E-state index is 10.5.